The molecule has 30 heavy (non-hydrogen) atoms. The fraction of sp³-hybridized carbons (Fsp3) is 0.227. The summed E-state index contributed by atoms with van der Waals surface area (Å²) in [6, 6.07) is 8.95. The largest absolute Gasteiger partial charge is 0.309 e. The molecular weight excluding hydrogens is 408 g/mol. The second-order valence-corrected chi connectivity index (χ2v) is 7.99. The predicted octanol–water partition coefficient (Wildman–Crippen LogP) is 5.03. The number of benzene rings is 2. The van der Waals surface area contributed by atoms with Crippen LogP contribution in [0.5, 0.6) is 0 Å². The molecule has 0 saturated carbocycles. The van der Waals surface area contributed by atoms with Gasteiger partial charge in [-0.3, -0.25) is 14.9 Å². The van der Waals surface area contributed by atoms with E-state index in [0.717, 1.165) is 35.4 Å². The normalized spacial score (nSPS) is 15.2. The SMILES string of the molecule is CCC(=O)N1c2ccc(-c3csc(NC(=O)c4ccc(F)c(F)c4)n3)cc2C[C@H]1C. The van der Waals surface area contributed by atoms with Crippen LogP contribution in [0.3, 0.4) is 0 Å². The van der Waals surface area contributed by atoms with Gasteiger partial charge in [-0.2, -0.15) is 0 Å². The summed E-state index contributed by atoms with van der Waals surface area (Å²) in [5.74, 6) is -2.55. The molecule has 1 aliphatic rings. The average Bonchev–Trinajstić information content (AvgIpc) is 3.32. The predicted molar refractivity (Wildman–Crippen MR) is 113 cm³/mol. The van der Waals surface area contributed by atoms with Crippen LogP contribution in [0.1, 0.15) is 36.2 Å². The van der Waals surface area contributed by atoms with Crippen LogP contribution in [0.25, 0.3) is 11.3 Å². The Morgan fingerprint density at radius 1 is 1.20 bits per heavy atom. The number of carbonyl (C=O) groups excluding carboxylic acids is 2. The zero-order chi connectivity index (χ0) is 21.4. The molecule has 1 aromatic heterocycles. The second kappa shape index (κ2) is 7.95. The first-order valence-corrected chi connectivity index (χ1v) is 10.4. The minimum absolute atomic E-state index is 0.0119. The van der Waals surface area contributed by atoms with Crippen molar-refractivity contribution in [2.24, 2.45) is 0 Å². The van der Waals surface area contributed by atoms with E-state index >= 15 is 0 Å². The topological polar surface area (TPSA) is 62.3 Å². The van der Waals surface area contributed by atoms with Crippen LogP contribution in [-0.2, 0) is 11.2 Å². The molecule has 1 aliphatic heterocycles. The molecule has 2 amide bonds. The van der Waals surface area contributed by atoms with Crippen LogP contribution < -0.4 is 10.2 Å². The number of aromatic nitrogens is 1. The van der Waals surface area contributed by atoms with E-state index in [0.29, 0.717) is 17.2 Å². The average molecular weight is 427 g/mol. The maximum Gasteiger partial charge on any atom is 0.257 e. The molecule has 0 aliphatic carbocycles. The van der Waals surface area contributed by atoms with Crippen LogP contribution in [0.2, 0.25) is 0 Å². The van der Waals surface area contributed by atoms with E-state index in [4.69, 9.17) is 0 Å². The van der Waals surface area contributed by atoms with Crippen molar-refractivity contribution in [1.29, 1.82) is 0 Å². The van der Waals surface area contributed by atoms with E-state index in [-0.39, 0.29) is 17.5 Å². The summed E-state index contributed by atoms with van der Waals surface area (Å²) >= 11 is 1.24. The Kier molecular flexibility index (Phi) is 5.34. The summed E-state index contributed by atoms with van der Waals surface area (Å²) in [5, 5.41) is 4.78. The summed E-state index contributed by atoms with van der Waals surface area (Å²) in [4.78, 5) is 30.8. The number of hydrogen-bond donors (Lipinski definition) is 1. The molecule has 4 rings (SSSR count). The molecule has 2 aromatic carbocycles. The maximum absolute atomic E-state index is 13.3. The molecule has 154 valence electrons. The molecule has 8 heteroatoms. The third-order valence-electron chi connectivity index (χ3n) is 5.07. The van der Waals surface area contributed by atoms with Gasteiger partial charge < -0.3 is 4.90 Å². The van der Waals surface area contributed by atoms with Gasteiger partial charge in [-0.1, -0.05) is 13.0 Å². The van der Waals surface area contributed by atoms with Crippen molar-refractivity contribution in [1.82, 2.24) is 4.98 Å². The molecule has 3 aromatic rings. The van der Waals surface area contributed by atoms with Gasteiger partial charge in [0.1, 0.15) is 0 Å². The Morgan fingerprint density at radius 2 is 2.00 bits per heavy atom. The monoisotopic (exact) mass is 427 g/mol. The molecular formula is C22H19F2N3O2S. The van der Waals surface area contributed by atoms with Crippen LogP contribution >= 0.6 is 11.3 Å². The van der Waals surface area contributed by atoms with E-state index in [1.54, 1.807) is 0 Å². The van der Waals surface area contributed by atoms with Gasteiger partial charge in [0.15, 0.2) is 16.8 Å². The van der Waals surface area contributed by atoms with E-state index in [1.165, 1.54) is 17.4 Å². The van der Waals surface area contributed by atoms with E-state index in [2.05, 4.69) is 10.3 Å². The lowest BCUT2D eigenvalue weighted by Gasteiger charge is -2.22. The molecule has 1 N–H and O–H groups in total. The third-order valence-corrected chi connectivity index (χ3v) is 5.83. The number of nitrogens with one attached hydrogen (secondary N) is 1. The lowest BCUT2D eigenvalue weighted by Crippen LogP contribution is -2.35. The number of halogens is 2. The molecule has 0 unspecified atom stereocenters. The summed E-state index contributed by atoms with van der Waals surface area (Å²) in [6.45, 7) is 3.88. The Hall–Kier alpha value is -3.13. The number of amides is 2. The van der Waals surface area contributed by atoms with Crippen molar-refractivity contribution < 1.29 is 18.4 Å². The van der Waals surface area contributed by atoms with Gasteiger partial charge in [0.2, 0.25) is 5.91 Å². The molecule has 0 radical (unpaired) electrons. The summed E-state index contributed by atoms with van der Waals surface area (Å²) < 4.78 is 26.4. The molecule has 0 bridgehead atoms. The van der Waals surface area contributed by atoms with Crippen molar-refractivity contribution in [3.63, 3.8) is 0 Å². The van der Waals surface area contributed by atoms with Gasteiger partial charge in [-0.05, 0) is 49.2 Å². The second-order valence-electron chi connectivity index (χ2n) is 7.13. The molecule has 0 saturated heterocycles. The number of hydrogen-bond acceptors (Lipinski definition) is 4. The van der Waals surface area contributed by atoms with Gasteiger partial charge in [-0.25, -0.2) is 13.8 Å². The highest BCUT2D eigenvalue weighted by molar-refractivity contribution is 7.14. The Bertz CT molecular complexity index is 1150. The molecule has 0 spiro atoms. The maximum atomic E-state index is 13.3. The quantitative estimate of drug-likeness (QED) is 0.635. The fourth-order valence-electron chi connectivity index (χ4n) is 3.61. The fourth-order valence-corrected chi connectivity index (χ4v) is 4.33. The standard InChI is InChI=1S/C22H19F2N3O2S/c1-3-20(28)27-12(2)8-15-9-13(5-7-19(15)27)18-11-30-22(25-18)26-21(29)14-4-6-16(23)17(24)10-14/h4-7,9-12H,3,8H2,1-2H3,(H,25,26,29)/t12-/m1/s1. The van der Waals surface area contributed by atoms with Crippen LogP contribution in [0.15, 0.2) is 41.8 Å². The zero-order valence-corrected chi connectivity index (χ0v) is 17.2. The molecule has 2 heterocycles. The zero-order valence-electron chi connectivity index (χ0n) is 16.4. The first-order valence-electron chi connectivity index (χ1n) is 9.54. The summed E-state index contributed by atoms with van der Waals surface area (Å²) in [6.07, 6.45) is 1.23. The summed E-state index contributed by atoms with van der Waals surface area (Å²) in [5.41, 5.74) is 3.60. The molecule has 0 fully saturated rings. The highest BCUT2D eigenvalue weighted by atomic mass is 32.1. The highest BCUT2D eigenvalue weighted by Gasteiger charge is 2.30. The lowest BCUT2D eigenvalue weighted by atomic mass is 10.1. The number of fused-ring (bicyclic) bond motifs is 1. The van der Waals surface area contributed by atoms with Crippen molar-refractivity contribution in [3.05, 3.63) is 64.5 Å². The molecule has 1 atom stereocenters. The van der Waals surface area contributed by atoms with Crippen LogP contribution in [0, 0.1) is 11.6 Å². The van der Waals surface area contributed by atoms with Gasteiger partial charge >= 0.3 is 0 Å². The smallest absolute Gasteiger partial charge is 0.257 e. The minimum Gasteiger partial charge on any atom is -0.309 e. The Morgan fingerprint density at radius 3 is 2.73 bits per heavy atom. The first-order chi connectivity index (χ1) is 14.4. The highest BCUT2D eigenvalue weighted by Crippen LogP contribution is 2.36. The van der Waals surface area contributed by atoms with Gasteiger partial charge in [0.05, 0.1) is 5.69 Å². The third kappa shape index (κ3) is 3.70. The van der Waals surface area contributed by atoms with Crippen molar-refractivity contribution in [2.45, 2.75) is 32.7 Å². The van der Waals surface area contributed by atoms with E-state index < -0.39 is 17.5 Å². The number of rotatable bonds is 4. The Balaban J connectivity index is 1.53. The lowest BCUT2D eigenvalue weighted by molar-refractivity contribution is -0.118. The van der Waals surface area contributed by atoms with Crippen LogP contribution in [0.4, 0.5) is 19.6 Å². The van der Waals surface area contributed by atoms with Gasteiger partial charge in [-0.15, -0.1) is 11.3 Å². The van der Waals surface area contributed by atoms with Gasteiger partial charge in [0, 0.05) is 34.7 Å². The van der Waals surface area contributed by atoms with Gasteiger partial charge in [0.25, 0.3) is 5.91 Å². The number of carbonyl (C=O) groups is 2. The van der Waals surface area contributed by atoms with Crippen molar-refractivity contribution in [2.75, 3.05) is 10.2 Å². The van der Waals surface area contributed by atoms with Crippen molar-refractivity contribution in [3.8, 4) is 11.3 Å². The number of thiazole rings is 1. The van der Waals surface area contributed by atoms with E-state index in [9.17, 15) is 18.4 Å². The number of nitrogens with zero attached hydrogens (tertiary/aromatic N) is 2. The van der Waals surface area contributed by atoms with E-state index in [1.807, 2.05) is 42.3 Å². The van der Waals surface area contributed by atoms with Crippen LogP contribution in [-0.4, -0.2) is 22.8 Å². The minimum atomic E-state index is -1.08. The number of anilines is 2. The Labute approximate surface area is 176 Å². The van der Waals surface area contributed by atoms with Crippen molar-refractivity contribution >= 4 is 34.0 Å². The first kappa shape index (κ1) is 20.2. The molecule has 5 nitrogen and oxygen atoms in total. The summed E-state index contributed by atoms with van der Waals surface area (Å²) in [7, 11) is 0.